The van der Waals surface area contributed by atoms with Crippen LogP contribution in [0.1, 0.15) is 37.9 Å². The fraction of sp³-hybridized carbons (Fsp3) is 0.643. The molecule has 1 atom stereocenters. The lowest BCUT2D eigenvalue weighted by Crippen LogP contribution is -2.31. The quantitative estimate of drug-likeness (QED) is 0.925. The number of rotatable bonds is 3. The van der Waals surface area contributed by atoms with Crippen molar-refractivity contribution in [3.63, 3.8) is 0 Å². The van der Waals surface area contributed by atoms with Gasteiger partial charge in [-0.25, -0.2) is 4.98 Å². The van der Waals surface area contributed by atoms with Gasteiger partial charge in [-0.15, -0.1) is 11.3 Å². The average Bonchev–Trinajstić information content (AvgIpc) is 2.95. The maximum atomic E-state index is 12.1. The summed E-state index contributed by atoms with van der Waals surface area (Å²) in [6.45, 7) is 7.14. The number of amides is 1. The number of thiazole rings is 1. The SMILES string of the molecule is CC(C)(C)c1nc(CC(=O)N2CC[C@H](C(=O)O)C2)cs1. The van der Waals surface area contributed by atoms with Crippen molar-refractivity contribution in [1.82, 2.24) is 9.88 Å². The third kappa shape index (κ3) is 3.36. The van der Waals surface area contributed by atoms with E-state index in [9.17, 15) is 9.59 Å². The van der Waals surface area contributed by atoms with E-state index in [-0.39, 0.29) is 17.7 Å². The maximum Gasteiger partial charge on any atom is 0.308 e. The van der Waals surface area contributed by atoms with Crippen LogP contribution in [0.5, 0.6) is 0 Å². The van der Waals surface area contributed by atoms with Crippen LogP contribution in [-0.2, 0) is 21.4 Å². The standard InChI is InChI=1S/C14H20N2O3S/c1-14(2,3)13-15-10(8-20-13)6-11(17)16-5-4-9(7-16)12(18)19/h8-9H,4-7H2,1-3H3,(H,18,19)/t9-/m0/s1. The van der Waals surface area contributed by atoms with Crippen LogP contribution in [0.25, 0.3) is 0 Å². The first-order valence-corrected chi connectivity index (χ1v) is 7.61. The summed E-state index contributed by atoms with van der Waals surface area (Å²) in [7, 11) is 0. The van der Waals surface area contributed by atoms with Crippen LogP contribution < -0.4 is 0 Å². The molecule has 0 aromatic carbocycles. The zero-order chi connectivity index (χ0) is 14.9. The van der Waals surface area contributed by atoms with E-state index in [4.69, 9.17) is 5.11 Å². The van der Waals surface area contributed by atoms with Gasteiger partial charge in [-0.3, -0.25) is 9.59 Å². The van der Waals surface area contributed by atoms with Crippen molar-refractivity contribution >= 4 is 23.2 Å². The van der Waals surface area contributed by atoms with E-state index in [2.05, 4.69) is 25.8 Å². The van der Waals surface area contributed by atoms with Crippen molar-refractivity contribution in [1.29, 1.82) is 0 Å². The molecular formula is C14H20N2O3S. The molecule has 2 rings (SSSR count). The Balaban J connectivity index is 1.95. The van der Waals surface area contributed by atoms with Crippen LogP contribution in [0.15, 0.2) is 5.38 Å². The highest BCUT2D eigenvalue weighted by Gasteiger charge is 2.31. The van der Waals surface area contributed by atoms with Gasteiger partial charge in [-0.2, -0.15) is 0 Å². The second kappa shape index (κ2) is 5.52. The van der Waals surface area contributed by atoms with Gasteiger partial charge in [0.05, 0.1) is 23.0 Å². The van der Waals surface area contributed by atoms with Gasteiger partial charge in [0.15, 0.2) is 0 Å². The van der Waals surface area contributed by atoms with Gasteiger partial charge in [-0.1, -0.05) is 20.8 Å². The fourth-order valence-electron chi connectivity index (χ4n) is 2.19. The van der Waals surface area contributed by atoms with E-state index in [0.29, 0.717) is 19.5 Å². The number of hydrogen-bond donors (Lipinski definition) is 1. The monoisotopic (exact) mass is 296 g/mol. The van der Waals surface area contributed by atoms with Gasteiger partial charge in [0, 0.05) is 23.9 Å². The number of carboxylic acids is 1. The Morgan fingerprint density at radius 1 is 1.50 bits per heavy atom. The molecule has 0 aliphatic carbocycles. The molecule has 5 nitrogen and oxygen atoms in total. The van der Waals surface area contributed by atoms with Gasteiger partial charge < -0.3 is 10.0 Å². The summed E-state index contributed by atoms with van der Waals surface area (Å²) in [6, 6.07) is 0. The molecule has 1 aromatic heterocycles. The molecule has 1 fully saturated rings. The van der Waals surface area contributed by atoms with Crippen molar-refractivity contribution in [2.45, 2.75) is 39.0 Å². The van der Waals surface area contributed by atoms with Crippen LogP contribution in [0.2, 0.25) is 0 Å². The van der Waals surface area contributed by atoms with E-state index in [1.54, 1.807) is 16.2 Å². The molecule has 1 saturated heterocycles. The summed E-state index contributed by atoms with van der Waals surface area (Å²) in [4.78, 5) is 29.2. The smallest absolute Gasteiger partial charge is 0.308 e. The van der Waals surface area contributed by atoms with Crippen molar-refractivity contribution in [2.75, 3.05) is 13.1 Å². The Kier molecular flexibility index (Phi) is 4.13. The molecular weight excluding hydrogens is 276 g/mol. The zero-order valence-electron chi connectivity index (χ0n) is 12.0. The van der Waals surface area contributed by atoms with Crippen LogP contribution in [0, 0.1) is 5.92 Å². The van der Waals surface area contributed by atoms with Gasteiger partial charge in [0.1, 0.15) is 0 Å². The van der Waals surface area contributed by atoms with Gasteiger partial charge in [0.25, 0.3) is 0 Å². The molecule has 0 bridgehead atoms. The lowest BCUT2D eigenvalue weighted by molar-refractivity contribution is -0.141. The number of carbonyl (C=O) groups excluding carboxylic acids is 1. The molecule has 6 heteroatoms. The Labute approximate surface area is 122 Å². The van der Waals surface area contributed by atoms with Crippen molar-refractivity contribution in [2.24, 2.45) is 5.92 Å². The van der Waals surface area contributed by atoms with Gasteiger partial charge >= 0.3 is 5.97 Å². The maximum absolute atomic E-state index is 12.1. The largest absolute Gasteiger partial charge is 0.481 e. The van der Waals surface area contributed by atoms with E-state index < -0.39 is 11.9 Å². The molecule has 0 spiro atoms. The Morgan fingerprint density at radius 3 is 2.70 bits per heavy atom. The molecule has 1 amide bonds. The third-order valence-corrected chi connectivity index (χ3v) is 4.73. The predicted octanol–water partition coefficient (Wildman–Crippen LogP) is 1.92. The number of hydrogen-bond acceptors (Lipinski definition) is 4. The molecule has 2 heterocycles. The molecule has 0 saturated carbocycles. The normalized spacial score (nSPS) is 19.4. The first-order valence-electron chi connectivity index (χ1n) is 6.73. The van der Waals surface area contributed by atoms with Crippen molar-refractivity contribution in [3.8, 4) is 0 Å². The predicted molar refractivity (Wildman–Crippen MR) is 76.8 cm³/mol. The van der Waals surface area contributed by atoms with Gasteiger partial charge in [-0.05, 0) is 6.42 Å². The Hall–Kier alpha value is -1.43. The molecule has 0 radical (unpaired) electrons. The second-order valence-electron chi connectivity index (χ2n) is 6.23. The summed E-state index contributed by atoms with van der Waals surface area (Å²) in [5, 5.41) is 11.9. The lowest BCUT2D eigenvalue weighted by Gasteiger charge is -2.15. The molecule has 20 heavy (non-hydrogen) atoms. The van der Waals surface area contributed by atoms with Crippen LogP contribution >= 0.6 is 11.3 Å². The summed E-state index contributed by atoms with van der Waals surface area (Å²) in [5.41, 5.74) is 0.775. The molecule has 110 valence electrons. The number of carbonyl (C=O) groups is 2. The third-order valence-electron chi connectivity index (χ3n) is 3.42. The minimum absolute atomic E-state index is 0.00594. The number of aromatic nitrogens is 1. The van der Waals surface area contributed by atoms with Crippen molar-refractivity contribution in [3.05, 3.63) is 16.1 Å². The van der Waals surface area contributed by atoms with E-state index in [1.807, 2.05) is 5.38 Å². The lowest BCUT2D eigenvalue weighted by atomic mass is 9.98. The highest BCUT2D eigenvalue weighted by molar-refractivity contribution is 7.09. The minimum atomic E-state index is -0.816. The molecule has 1 aliphatic rings. The first kappa shape index (κ1) is 15.0. The van der Waals surface area contributed by atoms with E-state index in [1.165, 1.54) is 0 Å². The number of likely N-dealkylation sites (tertiary alicyclic amines) is 1. The average molecular weight is 296 g/mol. The molecule has 0 unspecified atom stereocenters. The first-order chi connectivity index (χ1) is 9.27. The molecule has 1 aromatic rings. The summed E-state index contributed by atoms with van der Waals surface area (Å²) in [6.07, 6.45) is 0.810. The van der Waals surface area contributed by atoms with Crippen LogP contribution in [0.3, 0.4) is 0 Å². The topological polar surface area (TPSA) is 70.5 Å². The van der Waals surface area contributed by atoms with E-state index in [0.717, 1.165) is 10.7 Å². The zero-order valence-corrected chi connectivity index (χ0v) is 12.9. The van der Waals surface area contributed by atoms with Crippen molar-refractivity contribution < 1.29 is 14.7 Å². The number of aliphatic carboxylic acids is 1. The number of carboxylic acid groups (broad SMARTS) is 1. The fourth-order valence-corrected chi connectivity index (χ4v) is 3.09. The Morgan fingerprint density at radius 2 is 2.20 bits per heavy atom. The van der Waals surface area contributed by atoms with Crippen LogP contribution in [0.4, 0.5) is 0 Å². The highest BCUT2D eigenvalue weighted by atomic mass is 32.1. The van der Waals surface area contributed by atoms with E-state index >= 15 is 0 Å². The highest BCUT2D eigenvalue weighted by Crippen LogP contribution is 2.26. The minimum Gasteiger partial charge on any atom is -0.481 e. The van der Waals surface area contributed by atoms with Crippen LogP contribution in [-0.4, -0.2) is 40.0 Å². The summed E-state index contributed by atoms with van der Waals surface area (Å²) < 4.78 is 0. The summed E-state index contributed by atoms with van der Waals surface area (Å²) >= 11 is 1.57. The summed E-state index contributed by atoms with van der Waals surface area (Å²) in [5.74, 6) is -1.26. The second-order valence-corrected chi connectivity index (χ2v) is 7.09. The Bertz CT molecular complexity index is 519. The molecule has 1 aliphatic heterocycles. The molecule has 1 N–H and O–H groups in total. The number of nitrogens with zero attached hydrogens (tertiary/aromatic N) is 2. The van der Waals surface area contributed by atoms with Gasteiger partial charge in [0.2, 0.25) is 5.91 Å².